The molecule has 0 aliphatic rings. The Morgan fingerprint density at radius 3 is 3.15 bits per heavy atom. The van der Waals surface area contributed by atoms with Crippen molar-refractivity contribution < 1.29 is 9.84 Å². The summed E-state index contributed by atoms with van der Waals surface area (Å²) in [6, 6.07) is 1.74. The summed E-state index contributed by atoms with van der Waals surface area (Å²) in [5.41, 5.74) is 0.748. The normalized spacial score (nSPS) is 12.2. The maximum absolute atomic E-state index is 9.65. The molecule has 13 heavy (non-hydrogen) atoms. The number of aliphatic hydroxyl groups excluding tert-OH is 1. The third-order valence-electron chi connectivity index (χ3n) is 1.79. The summed E-state index contributed by atoms with van der Waals surface area (Å²) in [6.45, 7) is 3.57. The Hall–Kier alpha value is -1.35. The van der Waals surface area contributed by atoms with Crippen LogP contribution in [0.1, 0.15) is 18.1 Å². The molecular weight excluding hydrogens is 166 g/mol. The Bertz CT molecular complexity index is 286. The summed E-state index contributed by atoms with van der Waals surface area (Å²) in [7, 11) is 1.56. The molecule has 0 aliphatic heterocycles. The largest absolute Gasteiger partial charge is 0.495 e. The van der Waals surface area contributed by atoms with E-state index in [2.05, 4.69) is 11.6 Å². The van der Waals surface area contributed by atoms with E-state index >= 15 is 0 Å². The van der Waals surface area contributed by atoms with E-state index < -0.39 is 6.10 Å². The number of aromatic nitrogens is 1. The maximum atomic E-state index is 9.65. The molecule has 1 aromatic heterocycles. The van der Waals surface area contributed by atoms with E-state index in [-0.39, 0.29) is 0 Å². The van der Waals surface area contributed by atoms with Crippen LogP contribution < -0.4 is 4.74 Å². The molecule has 0 radical (unpaired) electrons. The summed E-state index contributed by atoms with van der Waals surface area (Å²) in [6.07, 6.45) is 4.84. The number of methoxy groups -OCH3 is 1. The van der Waals surface area contributed by atoms with E-state index in [1.165, 1.54) is 0 Å². The van der Waals surface area contributed by atoms with Crippen LogP contribution >= 0.6 is 0 Å². The van der Waals surface area contributed by atoms with Gasteiger partial charge in [-0.3, -0.25) is 4.98 Å². The van der Waals surface area contributed by atoms with Crippen molar-refractivity contribution in [1.29, 1.82) is 0 Å². The predicted octanol–water partition coefficient (Wildman–Crippen LogP) is 1.70. The molecule has 0 spiro atoms. The first-order valence-electron chi connectivity index (χ1n) is 4.06. The quantitative estimate of drug-likeness (QED) is 0.715. The molecule has 0 fully saturated rings. The molecule has 0 amide bonds. The second kappa shape index (κ2) is 4.62. The summed E-state index contributed by atoms with van der Waals surface area (Å²) in [5.74, 6) is 0.608. The molecule has 1 unspecified atom stereocenters. The van der Waals surface area contributed by atoms with E-state index in [9.17, 15) is 5.11 Å². The van der Waals surface area contributed by atoms with Crippen LogP contribution in [0.3, 0.4) is 0 Å². The summed E-state index contributed by atoms with van der Waals surface area (Å²) < 4.78 is 5.06. The molecular formula is C10H13NO2. The first-order chi connectivity index (χ1) is 6.29. The Morgan fingerprint density at radius 2 is 2.54 bits per heavy atom. The molecule has 1 heterocycles. The Balaban J connectivity index is 2.91. The maximum Gasteiger partial charge on any atom is 0.142 e. The van der Waals surface area contributed by atoms with E-state index in [1.807, 2.05) is 0 Å². The van der Waals surface area contributed by atoms with Crippen LogP contribution in [-0.2, 0) is 0 Å². The van der Waals surface area contributed by atoms with E-state index in [0.29, 0.717) is 12.2 Å². The molecule has 0 saturated heterocycles. The van der Waals surface area contributed by atoms with Gasteiger partial charge in [-0.2, -0.15) is 0 Å². The second-order valence-corrected chi connectivity index (χ2v) is 2.66. The number of pyridine rings is 1. The molecule has 1 N–H and O–H groups in total. The SMILES string of the molecule is C=CCC(O)c1ccncc1OC. The lowest BCUT2D eigenvalue weighted by molar-refractivity contribution is 0.177. The number of rotatable bonds is 4. The topological polar surface area (TPSA) is 42.4 Å². The molecule has 0 saturated carbocycles. The van der Waals surface area contributed by atoms with Gasteiger partial charge in [0.05, 0.1) is 19.4 Å². The smallest absolute Gasteiger partial charge is 0.142 e. The fourth-order valence-corrected chi connectivity index (χ4v) is 1.12. The van der Waals surface area contributed by atoms with Gasteiger partial charge in [-0.05, 0) is 12.5 Å². The molecule has 3 nitrogen and oxygen atoms in total. The first-order valence-corrected chi connectivity index (χ1v) is 4.06. The van der Waals surface area contributed by atoms with Crippen LogP contribution in [0.25, 0.3) is 0 Å². The van der Waals surface area contributed by atoms with Gasteiger partial charge in [0.25, 0.3) is 0 Å². The second-order valence-electron chi connectivity index (χ2n) is 2.66. The fourth-order valence-electron chi connectivity index (χ4n) is 1.12. The monoisotopic (exact) mass is 179 g/mol. The van der Waals surface area contributed by atoms with Gasteiger partial charge in [-0.1, -0.05) is 6.08 Å². The van der Waals surface area contributed by atoms with Crippen LogP contribution in [0.15, 0.2) is 31.1 Å². The summed E-state index contributed by atoms with van der Waals surface area (Å²) in [5, 5.41) is 9.65. The van der Waals surface area contributed by atoms with Crippen LogP contribution in [0.4, 0.5) is 0 Å². The number of nitrogens with zero attached hydrogens (tertiary/aromatic N) is 1. The molecule has 0 aromatic carbocycles. The molecule has 0 aliphatic carbocycles. The lowest BCUT2D eigenvalue weighted by atomic mass is 10.1. The van der Waals surface area contributed by atoms with Gasteiger partial charge < -0.3 is 9.84 Å². The van der Waals surface area contributed by atoms with Gasteiger partial charge in [0.2, 0.25) is 0 Å². The van der Waals surface area contributed by atoms with Gasteiger partial charge in [-0.15, -0.1) is 6.58 Å². The minimum Gasteiger partial charge on any atom is -0.495 e. The molecule has 0 bridgehead atoms. The highest BCUT2D eigenvalue weighted by molar-refractivity contribution is 5.31. The Labute approximate surface area is 77.7 Å². The van der Waals surface area contributed by atoms with Gasteiger partial charge in [-0.25, -0.2) is 0 Å². The molecule has 1 atom stereocenters. The van der Waals surface area contributed by atoms with Crippen molar-refractivity contribution in [3.05, 3.63) is 36.7 Å². The lowest BCUT2D eigenvalue weighted by Crippen LogP contribution is -1.99. The van der Waals surface area contributed by atoms with E-state index in [1.54, 1.807) is 31.6 Å². The fraction of sp³-hybridized carbons (Fsp3) is 0.300. The molecule has 3 heteroatoms. The highest BCUT2D eigenvalue weighted by Gasteiger charge is 2.10. The van der Waals surface area contributed by atoms with Crippen LogP contribution in [0, 0.1) is 0 Å². The van der Waals surface area contributed by atoms with Crippen molar-refractivity contribution in [3.63, 3.8) is 0 Å². The number of hydrogen-bond donors (Lipinski definition) is 1. The number of aliphatic hydroxyl groups is 1. The van der Waals surface area contributed by atoms with Crippen molar-refractivity contribution in [2.24, 2.45) is 0 Å². The lowest BCUT2D eigenvalue weighted by Gasteiger charge is -2.11. The minimum absolute atomic E-state index is 0.514. The predicted molar refractivity (Wildman–Crippen MR) is 50.6 cm³/mol. The average Bonchev–Trinajstić information content (AvgIpc) is 2.18. The minimum atomic E-state index is -0.560. The molecule has 70 valence electrons. The van der Waals surface area contributed by atoms with Crippen molar-refractivity contribution in [1.82, 2.24) is 4.98 Å². The molecule has 1 rings (SSSR count). The van der Waals surface area contributed by atoms with E-state index in [0.717, 1.165) is 5.56 Å². The number of hydrogen-bond acceptors (Lipinski definition) is 3. The zero-order valence-corrected chi connectivity index (χ0v) is 7.60. The molecule has 1 aromatic rings. The summed E-state index contributed by atoms with van der Waals surface area (Å²) >= 11 is 0. The van der Waals surface area contributed by atoms with Gasteiger partial charge in [0.1, 0.15) is 5.75 Å². The zero-order chi connectivity index (χ0) is 9.68. The third-order valence-corrected chi connectivity index (χ3v) is 1.79. The summed E-state index contributed by atoms with van der Waals surface area (Å²) in [4.78, 5) is 3.90. The van der Waals surface area contributed by atoms with Gasteiger partial charge in [0.15, 0.2) is 0 Å². The number of ether oxygens (including phenoxy) is 1. The Morgan fingerprint density at radius 1 is 1.77 bits per heavy atom. The average molecular weight is 179 g/mol. The van der Waals surface area contributed by atoms with Gasteiger partial charge >= 0.3 is 0 Å². The highest BCUT2D eigenvalue weighted by Crippen LogP contribution is 2.25. The highest BCUT2D eigenvalue weighted by atomic mass is 16.5. The van der Waals surface area contributed by atoms with Crippen LogP contribution in [-0.4, -0.2) is 17.2 Å². The standard InChI is InChI=1S/C10H13NO2/c1-3-4-9(12)8-5-6-11-7-10(8)13-2/h3,5-7,9,12H,1,4H2,2H3. The van der Waals surface area contributed by atoms with Crippen LogP contribution in [0.5, 0.6) is 5.75 Å². The van der Waals surface area contributed by atoms with Crippen molar-refractivity contribution in [2.75, 3.05) is 7.11 Å². The van der Waals surface area contributed by atoms with Crippen molar-refractivity contribution >= 4 is 0 Å². The van der Waals surface area contributed by atoms with Gasteiger partial charge in [0, 0.05) is 11.8 Å². The first kappa shape index (κ1) is 9.74. The zero-order valence-electron chi connectivity index (χ0n) is 7.60. The van der Waals surface area contributed by atoms with E-state index in [4.69, 9.17) is 4.74 Å². The third kappa shape index (κ3) is 2.29. The Kier molecular flexibility index (Phi) is 3.46. The van der Waals surface area contributed by atoms with Crippen molar-refractivity contribution in [3.8, 4) is 5.75 Å². The van der Waals surface area contributed by atoms with Crippen molar-refractivity contribution in [2.45, 2.75) is 12.5 Å². The van der Waals surface area contributed by atoms with Crippen LogP contribution in [0.2, 0.25) is 0 Å².